The van der Waals surface area contributed by atoms with Crippen molar-refractivity contribution in [3.63, 3.8) is 0 Å². The highest BCUT2D eigenvalue weighted by molar-refractivity contribution is 5.95. The molecule has 106 valence electrons. The monoisotopic (exact) mass is 270 g/mol. The van der Waals surface area contributed by atoms with Gasteiger partial charge in [0.2, 0.25) is 0 Å². The van der Waals surface area contributed by atoms with Gasteiger partial charge in [-0.25, -0.2) is 4.98 Å². The lowest BCUT2D eigenvalue weighted by Crippen LogP contribution is -2.24. The third kappa shape index (κ3) is 2.45. The number of nitrogens with zero attached hydrogens (tertiary/aromatic N) is 1. The maximum Gasteiger partial charge on any atom is 0.134 e. The molecule has 1 aliphatic carbocycles. The van der Waals surface area contributed by atoms with Crippen molar-refractivity contribution in [3.05, 3.63) is 30.5 Å². The third-order valence-electron chi connectivity index (χ3n) is 4.46. The summed E-state index contributed by atoms with van der Waals surface area (Å²) >= 11 is 0. The van der Waals surface area contributed by atoms with Crippen molar-refractivity contribution in [2.24, 2.45) is 5.92 Å². The van der Waals surface area contributed by atoms with E-state index >= 15 is 0 Å². The van der Waals surface area contributed by atoms with Gasteiger partial charge in [-0.3, -0.25) is 0 Å². The number of benzene rings is 1. The van der Waals surface area contributed by atoms with Crippen molar-refractivity contribution in [1.29, 1.82) is 0 Å². The van der Waals surface area contributed by atoms with E-state index in [1.165, 1.54) is 25.7 Å². The molecule has 0 spiro atoms. The minimum atomic E-state index is 0.474. The number of rotatable bonds is 4. The van der Waals surface area contributed by atoms with Crippen molar-refractivity contribution in [1.82, 2.24) is 4.98 Å². The number of ether oxygens (including phenoxy) is 1. The summed E-state index contributed by atoms with van der Waals surface area (Å²) < 4.78 is 5.43. The highest BCUT2D eigenvalue weighted by atomic mass is 16.5. The van der Waals surface area contributed by atoms with E-state index in [9.17, 15) is 0 Å². The summed E-state index contributed by atoms with van der Waals surface area (Å²) in [5.74, 6) is 2.65. The van der Waals surface area contributed by atoms with Crippen molar-refractivity contribution in [2.75, 3.05) is 12.4 Å². The van der Waals surface area contributed by atoms with Crippen LogP contribution in [0.4, 0.5) is 5.82 Å². The van der Waals surface area contributed by atoms with Crippen LogP contribution in [0.5, 0.6) is 5.75 Å². The fourth-order valence-electron chi connectivity index (χ4n) is 3.26. The van der Waals surface area contributed by atoms with Gasteiger partial charge in [0, 0.05) is 23.0 Å². The number of pyridine rings is 1. The first kappa shape index (κ1) is 13.2. The Morgan fingerprint density at radius 1 is 1.20 bits per heavy atom. The largest absolute Gasteiger partial charge is 0.496 e. The number of hydrogen-bond donors (Lipinski definition) is 1. The summed E-state index contributed by atoms with van der Waals surface area (Å²) in [6, 6.07) is 8.61. The van der Waals surface area contributed by atoms with Crippen molar-refractivity contribution < 1.29 is 4.74 Å². The highest BCUT2D eigenvalue weighted by Gasteiger charge is 2.22. The van der Waals surface area contributed by atoms with E-state index in [2.05, 4.69) is 23.3 Å². The van der Waals surface area contributed by atoms with Crippen LogP contribution in [0.2, 0.25) is 0 Å². The molecule has 20 heavy (non-hydrogen) atoms. The average Bonchev–Trinajstić information content (AvgIpc) is 3.01. The smallest absolute Gasteiger partial charge is 0.134 e. The van der Waals surface area contributed by atoms with Crippen LogP contribution >= 0.6 is 0 Å². The van der Waals surface area contributed by atoms with Gasteiger partial charge in [-0.1, -0.05) is 25.0 Å². The zero-order valence-corrected chi connectivity index (χ0v) is 12.2. The van der Waals surface area contributed by atoms with E-state index in [4.69, 9.17) is 4.74 Å². The molecule has 1 saturated carbocycles. The van der Waals surface area contributed by atoms with Crippen molar-refractivity contribution >= 4 is 16.6 Å². The first-order valence-corrected chi connectivity index (χ1v) is 7.48. The molecule has 0 bridgehead atoms. The summed E-state index contributed by atoms with van der Waals surface area (Å²) in [6.07, 6.45) is 7.26. The van der Waals surface area contributed by atoms with Gasteiger partial charge >= 0.3 is 0 Å². The van der Waals surface area contributed by atoms with E-state index in [0.717, 1.165) is 28.3 Å². The molecule has 1 aromatic carbocycles. The number of hydrogen-bond acceptors (Lipinski definition) is 3. The normalized spacial score (nSPS) is 17.3. The molecular formula is C17H22N2O. The van der Waals surface area contributed by atoms with E-state index in [0.29, 0.717) is 6.04 Å². The number of anilines is 1. The molecule has 3 rings (SSSR count). The zero-order chi connectivity index (χ0) is 13.9. The van der Waals surface area contributed by atoms with Gasteiger partial charge in [-0.05, 0) is 37.8 Å². The second-order valence-corrected chi connectivity index (χ2v) is 5.69. The minimum absolute atomic E-state index is 0.474. The predicted octanol–water partition coefficient (Wildman–Crippen LogP) is 4.23. The molecule has 2 aromatic rings. The fraction of sp³-hybridized carbons (Fsp3) is 0.471. The standard InChI is InChI=1S/C17H22N2O/c1-12(13-6-3-4-7-13)19-17-15-8-5-9-16(20-2)14(15)10-11-18-17/h5,8-13H,3-4,6-7H2,1-2H3,(H,18,19). The summed E-state index contributed by atoms with van der Waals surface area (Å²) in [6.45, 7) is 2.27. The Morgan fingerprint density at radius 2 is 2.00 bits per heavy atom. The SMILES string of the molecule is COc1cccc2c(NC(C)C3CCCC3)nccc12. The molecule has 1 aromatic heterocycles. The lowest BCUT2D eigenvalue weighted by molar-refractivity contribution is 0.420. The maximum absolute atomic E-state index is 5.43. The van der Waals surface area contributed by atoms with Crippen LogP contribution in [-0.2, 0) is 0 Å². The van der Waals surface area contributed by atoms with Crippen LogP contribution in [-0.4, -0.2) is 18.1 Å². The maximum atomic E-state index is 5.43. The van der Waals surface area contributed by atoms with Gasteiger partial charge in [0.15, 0.2) is 0 Å². The van der Waals surface area contributed by atoms with E-state index in [1.807, 2.05) is 24.4 Å². The number of methoxy groups -OCH3 is 1. The summed E-state index contributed by atoms with van der Waals surface area (Å²) in [4.78, 5) is 4.53. The molecule has 1 heterocycles. The Bertz CT molecular complexity index is 591. The Morgan fingerprint density at radius 3 is 2.75 bits per heavy atom. The van der Waals surface area contributed by atoms with Crippen LogP contribution in [0.1, 0.15) is 32.6 Å². The van der Waals surface area contributed by atoms with Gasteiger partial charge in [0.25, 0.3) is 0 Å². The van der Waals surface area contributed by atoms with Crippen molar-refractivity contribution in [2.45, 2.75) is 38.6 Å². The number of aromatic nitrogens is 1. The highest BCUT2D eigenvalue weighted by Crippen LogP contribution is 2.32. The first-order chi connectivity index (χ1) is 9.79. The minimum Gasteiger partial charge on any atom is -0.496 e. The average molecular weight is 270 g/mol. The Hall–Kier alpha value is -1.77. The molecule has 0 radical (unpaired) electrons. The quantitative estimate of drug-likeness (QED) is 0.902. The number of fused-ring (bicyclic) bond motifs is 1. The summed E-state index contributed by atoms with van der Waals surface area (Å²) in [5.41, 5.74) is 0. The van der Waals surface area contributed by atoms with E-state index < -0.39 is 0 Å². The van der Waals surface area contributed by atoms with Crippen LogP contribution in [0.25, 0.3) is 10.8 Å². The zero-order valence-electron chi connectivity index (χ0n) is 12.2. The van der Waals surface area contributed by atoms with E-state index in [1.54, 1.807) is 7.11 Å². The Kier molecular flexibility index (Phi) is 3.77. The summed E-state index contributed by atoms with van der Waals surface area (Å²) in [7, 11) is 1.71. The second-order valence-electron chi connectivity index (χ2n) is 5.69. The molecule has 1 fully saturated rings. The summed E-state index contributed by atoms with van der Waals surface area (Å²) in [5, 5.41) is 5.86. The first-order valence-electron chi connectivity index (χ1n) is 7.48. The van der Waals surface area contributed by atoms with Crippen LogP contribution in [0, 0.1) is 5.92 Å². The second kappa shape index (κ2) is 5.70. The van der Waals surface area contributed by atoms with Gasteiger partial charge in [-0.2, -0.15) is 0 Å². The lowest BCUT2D eigenvalue weighted by atomic mass is 9.99. The van der Waals surface area contributed by atoms with Gasteiger partial charge in [0.1, 0.15) is 11.6 Å². The molecule has 0 aliphatic heterocycles. The number of nitrogens with one attached hydrogen (secondary N) is 1. The lowest BCUT2D eigenvalue weighted by Gasteiger charge is -2.22. The molecule has 3 heteroatoms. The van der Waals surface area contributed by atoms with Crippen LogP contribution in [0.3, 0.4) is 0 Å². The molecule has 0 saturated heterocycles. The van der Waals surface area contributed by atoms with Gasteiger partial charge < -0.3 is 10.1 Å². The van der Waals surface area contributed by atoms with Crippen LogP contribution < -0.4 is 10.1 Å². The molecule has 1 N–H and O–H groups in total. The molecular weight excluding hydrogens is 248 g/mol. The molecule has 3 nitrogen and oxygen atoms in total. The molecule has 1 aliphatic rings. The molecule has 1 unspecified atom stereocenters. The third-order valence-corrected chi connectivity index (χ3v) is 4.46. The Labute approximate surface area is 120 Å². The van der Waals surface area contributed by atoms with Crippen LogP contribution in [0.15, 0.2) is 30.5 Å². The van der Waals surface area contributed by atoms with Crippen molar-refractivity contribution in [3.8, 4) is 5.75 Å². The van der Waals surface area contributed by atoms with Gasteiger partial charge in [-0.15, -0.1) is 0 Å². The predicted molar refractivity (Wildman–Crippen MR) is 83.3 cm³/mol. The Balaban J connectivity index is 1.91. The van der Waals surface area contributed by atoms with E-state index in [-0.39, 0.29) is 0 Å². The molecule has 1 atom stereocenters. The molecule has 0 amide bonds. The topological polar surface area (TPSA) is 34.1 Å². The fourth-order valence-corrected chi connectivity index (χ4v) is 3.26. The van der Waals surface area contributed by atoms with Gasteiger partial charge in [0.05, 0.1) is 7.11 Å².